The molecule has 0 bridgehead atoms. The predicted octanol–water partition coefficient (Wildman–Crippen LogP) is 0.789. The van der Waals surface area contributed by atoms with E-state index in [2.05, 4.69) is 15.9 Å². The molecule has 1 aliphatic heterocycles. The third-order valence-electron chi connectivity index (χ3n) is 3.15. The number of carbonyl (C=O) groups is 2. The number of primary sulfonamides is 1. The molecule has 1 aliphatic rings. The van der Waals surface area contributed by atoms with Gasteiger partial charge in [0.05, 0.1) is 17.0 Å². The summed E-state index contributed by atoms with van der Waals surface area (Å²) in [5.74, 6) is -2.20. The summed E-state index contributed by atoms with van der Waals surface area (Å²) in [7, 11) is -3.68. The molecule has 1 amide bonds. The van der Waals surface area contributed by atoms with Crippen molar-refractivity contribution in [3.8, 4) is 0 Å². The van der Waals surface area contributed by atoms with E-state index >= 15 is 0 Å². The van der Waals surface area contributed by atoms with Crippen LogP contribution in [0.4, 0.5) is 5.69 Å². The minimum Gasteiger partial charge on any atom is -0.478 e. The van der Waals surface area contributed by atoms with Crippen molar-refractivity contribution >= 4 is 43.5 Å². The number of hydrogen-bond donors (Lipinski definition) is 2. The number of carboxylic acid groups (broad SMARTS) is 1. The molecule has 1 fully saturated rings. The fourth-order valence-electron chi connectivity index (χ4n) is 2.36. The van der Waals surface area contributed by atoms with Crippen molar-refractivity contribution < 1.29 is 23.1 Å². The summed E-state index contributed by atoms with van der Waals surface area (Å²) in [6.45, 7) is 0.131. The van der Waals surface area contributed by atoms with Crippen LogP contribution in [0.2, 0.25) is 0 Å². The topological polar surface area (TPSA) is 118 Å². The number of nitrogens with zero attached hydrogens (tertiary/aromatic N) is 1. The molecule has 7 nitrogen and oxygen atoms in total. The summed E-state index contributed by atoms with van der Waals surface area (Å²) in [6, 6.07) is 4.48. The second-order valence-electron chi connectivity index (χ2n) is 4.87. The third kappa shape index (κ3) is 3.80. The molecule has 0 aromatic heterocycles. The first-order valence-corrected chi connectivity index (χ1v) is 8.52. The maximum absolute atomic E-state index is 12.0. The lowest BCUT2D eigenvalue weighted by molar-refractivity contribution is -0.117. The zero-order chi connectivity index (χ0) is 15.8. The molecule has 9 heteroatoms. The average Bonchev–Trinajstić information content (AvgIpc) is 2.66. The number of hydrogen-bond acceptors (Lipinski definition) is 4. The van der Waals surface area contributed by atoms with E-state index in [0.29, 0.717) is 4.47 Å². The number of benzene rings is 1. The normalized spacial score (nSPS) is 19.0. The number of carboxylic acids is 1. The number of sulfonamides is 1. The minimum atomic E-state index is -3.68. The van der Waals surface area contributed by atoms with Gasteiger partial charge in [-0.25, -0.2) is 18.4 Å². The Morgan fingerprint density at radius 3 is 2.71 bits per heavy atom. The van der Waals surface area contributed by atoms with E-state index in [9.17, 15) is 23.1 Å². The second kappa shape index (κ2) is 5.74. The van der Waals surface area contributed by atoms with E-state index in [-0.39, 0.29) is 35.9 Å². The number of anilines is 1. The van der Waals surface area contributed by atoms with Crippen molar-refractivity contribution in [3.63, 3.8) is 0 Å². The van der Waals surface area contributed by atoms with E-state index in [1.54, 1.807) is 6.07 Å². The highest BCUT2D eigenvalue weighted by molar-refractivity contribution is 9.10. The fraction of sp³-hybridized carbons (Fsp3) is 0.333. The number of nitrogens with two attached hydrogens (primary N) is 1. The van der Waals surface area contributed by atoms with Crippen LogP contribution in [0.15, 0.2) is 22.7 Å². The van der Waals surface area contributed by atoms with Gasteiger partial charge in [0.25, 0.3) is 0 Å². The van der Waals surface area contributed by atoms with Gasteiger partial charge in [-0.3, -0.25) is 4.79 Å². The molecule has 21 heavy (non-hydrogen) atoms. The summed E-state index contributed by atoms with van der Waals surface area (Å²) in [6.07, 6.45) is 0.0298. The summed E-state index contributed by atoms with van der Waals surface area (Å²) in [5.41, 5.74) is 0.238. The largest absolute Gasteiger partial charge is 0.478 e. The molecule has 0 spiro atoms. The molecule has 1 aromatic rings. The minimum absolute atomic E-state index is 0.0113. The number of halogens is 1. The second-order valence-corrected chi connectivity index (χ2v) is 7.45. The zero-order valence-electron chi connectivity index (χ0n) is 10.8. The van der Waals surface area contributed by atoms with Gasteiger partial charge in [-0.05, 0) is 18.2 Å². The molecular formula is C12H13BrN2O5S. The van der Waals surface area contributed by atoms with Gasteiger partial charge in [0.15, 0.2) is 0 Å². The SMILES string of the molecule is NS(=O)(=O)CC1CC(=O)N(c2cc(Br)ccc2C(=O)O)C1. The fourth-order valence-corrected chi connectivity index (χ4v) is 3.59. The first-order valence-electron chi connectivity index (χ1n) is 6.01. The van der Waals surface area contributed by atoms with Crippen molar-refractivity contribution in [2.45, 2.75) is 6.42 Å². The summed E-state index contributed by atoms with van der Waals surface area (Å²) >= 11 is 3.23. The highest BCUT2D eigenvalue weighted by Crippen LogP contribution is 2.31. The highest BCUT2D eigenvalue weighted by atomic mass is 79.9. The first-order chi connectivity index (χ1) is 9.67. The standard InChI is InChI=1S/C12H13BrN2O5S/c13-8-1-2-9(12(17)18)10(4-8)15-5-7(3-11(15)16)6-21(14,19)20/h1-2,4,7H,3,5-6H2,(H,17,18)(H2,14,19,20). The summed E-state index contributed by atoms with van der Waals surface area (Å²) < 4.78 is 22.9. The molecule has 114 valence electrons. The maximum Gasteiger partial charge on any atom is 0.337 e. The average molecular weight is 377 g/mol. The lowest BCUT2D eigenvalue weighted by atomic mass is 10.1. The summed E-state index contributed by atoms with van der Waals surface area (Å²) in [5, 5.41) is 14.2. The van der Waals surface area contributed by atoms with E-state index in [0.717, 1.165) is 0 Å². The van der Waals surface area contributed by atoms with Crippen molar-refractivity contribution in [3.05, 3.63) is 28.2 Å². The molecule has 1 unspecified atom stereocenters. The molecule has 1 saturated heterocycles. The molecule has 0 radical (unpaired) electrons. The summed E-state index contributed by atoms with van der Waals surface area (Å²) in [4.78, 5) is 24.6. The Morgan fingerprint density at radius 2 is 2.14 bits per heavy atom. The van der Waals surface area contributed by atoms with Gasteiger partial charge in [-0.2, -0.15) is 0 Å². The van der Waals surface area contributed by atoms with Crippen molar-refractivity contribution in [1.29, 1.82) is 0 Å². The number of aromatic carboxylic acids is 1. The monoisotopic (exact) mass is 376 g/mol. The molecule has 1 aromatic carbocycles. The van der Waals surface area contributed by atoms with Crippen LogP contribution in [-0.2, 0) is 14.8 Å². The van der Waals surface area contributed by atoms with Crippen LogP contribution in [0.1, 0.15) is 16.8 Å². The van der Waals surface area contributed by atoms with Gasteiger partial charge < -0.3 is 10.0 Å². The van der Waals surface area contributed by atoms with Crippen molar-refractivity contribution in [1.82, 2.24) is 0 Å². The van der Waals surface area contributed by atoms with Gasteiger partial charge in [0.2, 0.25) is 15.9 Å². The smallest absolute Gasteiger partial charge is 0.337 e. The van der Waals surface area contributed by atoms with Gasteiger partial charge in [0, 0.05) is 23.4 Å². The number of rotatable bonds is 4. The molecule has 1 heterocycles. The van der Waals surface area contributed by atoms with Gasteiger partial charge in [-0.15, -0.1) is 0 Å². The Labute approximate surface area is 129 Å². The lowest BCUT2D eigenvalue weighted by Gasteiger charge is -2.19. The maximum atomic E-state index is 12.0. The Bertz CT molecular complexity index is 704. The van der Waals surface area contributed by atoms with Crippen molar-refractivity contribution in [2.75, 3.05) is 17.2 Å². The van der Waals surface area contributed by atoms with E-state index in [4.69, 9.17) is 5.14 Å². The molecule has 0 aliphatic carbocycles. The number of carbonyl (C=O) groups excluding carboxylic acids is 1. The van der Waals surface area contributed by atoms with E-state index in [1.807, 2.05) is 0 Å². The van der Waals surface area contributed by atoms with Crippen LogP contribution in [0.3, 0.4) is 0 Å². The van der Waals surface area contributed by atoms with E-state index in [1.165, 1.54) is 17.0 Å². The Balaban J connectivity index is 2.33. The Hall–Kier alpha value is -1.45. The number of amides is 1. The molecule has 1 atom stereocenters. The quantitative estimate of drug-likeness (QED) is 0.804. The molecular weight excluding hydrogens is 364 g/mol. The molecule has 2 rings (SSSR count). The van der Waals surface area contributed by atoms with Gasteiger partial charge >= 0.3 is 5.97 Å². The Kier molecular flexibility index (Phi) is 4.35. The Morgan fingerprint density at radius 1 is 1.48 bits per heavy atom. The van der Waals surface area contributed by atoms with Crippen LogP contribution < -0.4 is 10.0 Å². The lowest BCUT2D eigenvalue weighted by Crippen LogP contribution is -2.28. The zero-order valence-corrected chi connectivity index (χ0v) is 13.2. The van der Waals surface area contributed by atoms with Crippen LogP contribution in [0.25, 0.3) is 0 Å². The third-order valence-corrected chi connectivity index (χ3v) is 4.58. The van der Waals surface area contributed by atoms with Crippen LogP contribution >= 0.6 is 15.9 Å². The van der Waals surface area contributed by atoms with Crippen molar-refractivity contribution in [2.24, 2.45) is 11.1 Å². The predicted molar refractivity (Wildman–Crippen MR) is 79.5 cm³/mol. The van der Waals surface area contributed by atoms with E-state index < -0.39 is 21.9 Å². The highest BCUT2D eigenvalue weighted by Gasteiger charge is 2.34. The van der Waals surface area contributed by atoms with Crippen LogP contribution in [-0.4, -0.2) is 37.7 Å². The molecule has 0 saturated carbocycles. The van der Waals surface area contributed by atoms with Gasteiger partial charge in [-0.1, -0.05) is 15.9 Å². The van der Waals surface area contributed by atoms with Crippen LogP contribution in [0.5, 0.6) is 0 Å². The van der Waals surface area contributed by atoms with Gasteiger partial charge in [0.1, 0.15) is 0 Å². The molecule has 3 N–H and O–H groups in total. The van der Waals surface area contributed by atoms with Crippen LogP contribution in [0, 0.1) is 5.92 Å². The first kappa shape index (κ1) is 15.9.